The largest absolute Gasteiger partial charge is 0.462 e. The maximum atomic E-state index is 14.5. The van der Waals surface area contributed by atoms with Gasteiger partial charge in [0.15, 0.2) is 0 Å². The highest BCUT2D eigenvalue weighted by atomic mass is 19.1. The highest BCUT2D eigenvalue weighted by molar-refractivity contribution is 6.24. The highest BCUT2D eigenvalue weighted by Crippen LogP contribution is 2.19. The smallest absolute Gasteiger partial charge is 0.343 e. The summed E-state index contributed by atoms with van der Waals surface area (Å²) < 4.78 is 24.9. The van der Waals surface area contributed by atoms with Gasteiger partial charge in [0.2, 0.25) is 5.78 Å². The fourth-order valence-electron chi connectivity index (χ4n) is 3.12. The number of halogens is 1. The average molecular weight is 412 g/mol. The molecule has 0 aliphatic carbocycles. The minimum atomic E-state index is -0.802. The SMILES string of the molecule is CCOC(=O)C(=CNc1ccccc1)C(=O)c1cc(CN2CCOCC2)ccc1F. The number of carbonyl (C=O) groups excluding carboxylic acids is 2. The number of nitrogens with zero attached hydrogens (tertiary/aromatic N) is 1. The van der Waals surface area contributed by atoms with Gasteiger partial charge in [-0.3, -0.25) is 9.69 Å². The molecule has 1 saturated heterocycles. The molecule has 2 aromatic carbocycles. The van der Waals surface area contributed by atoms with Gasteiger partial charge in [0.25, 0.3) is 0 Å². The van der Waals surface area contributed by atoms with Crippen LogP contribution in [0, 0.1) is 5.82 Å². The highest BCUT2D eigenvalue weighted by Gasteiger charge is 2.24. The van der Waals surface area contributed by atoms with E-state index in [2.05, 4.69) is 10.2 Å². The van der Waals surface area contributed by atoms with Crippen LogP contribution in [0.25, 0.3) is 0 Å². The summed E-state index contributed by atoms with van der Waals surface area (Å²) in [6, 6.07) is 13.5. The van der Waals surface area contributed by atoms with Gasteiger partial charge in [-0.15, -0.1) is 0 Å². The van der Waals surface area contributed by atoms with E-state index in [1.807, 2.05) is 18.2 Å². The van der Waals surface area contributed by atoms with E-state index < -0.39 is 17.6 Å². The van der Waals surface area contributed by atoms with Crippen molar-refractivity contribution in [3.8, 4) is 0 Å². The molecule has 7 heteroatoms. The molecule has 158 valence electrons. The standard InChI is InChI=1S/C23H25FN2O4/c1-2-30-23(28)20(15-25-18-6-4-3-5-7-18)22(27)19-14-17(8-9-21(19)24)16-26-10-12-29-13-11-26/h3-9,14-15,25H,2,10-13,16H2,1H3. The Morgan fingerprint density at radius 1 is 1.17 bits per heavy atom. The molecule has 0 atom stereocenters. The summed E-state index contributed by atoms with van der Waals surface area (Å²) in [4.78, 5) is 27.6. The van der Waals surface area contributed by atoms with Crippen LogP contribution in [-0.2, 0) is 20.8 Å². The number of carbonyl (C=O) groups is 2. The van der Waals surface area contributed by atoms with Crippen LogP contribution >= 0.6 is 0 Å². The Balaban J connectivity index is 1.85. The molecule has 1 N–H and O–H groups in total. The Labute approximate surface area is 175 Å². The van der Waals surface area contributed by atoms with E-state index in [4.69, 9.17) is 9.47 Å². The van der Waals surface area contributed by atoms with E-state index in [9.17, 15) is 14.0 Å². The van der Waals surface area contributed by atoms with Crippen LogP contribution in [0.4, 0.5) is 10.1 Å². The number of benzene rings is 2. The Morgan fingerprint density at radius 2 is 1.90 bits per heavy atom. The second-order valence-corrected chi connectivity index (χ2v) is 6.82. The van der Waals surface area contributed by atoms with E-state index in [0.29, 0.717) is 25.4 Å². The molecule has 0 aromatic heterocycles. The number of hydrogen-bond acceptors (Lipinski definition) is 6. The summed E-state index contributed by atoms with van der Waals surface area (Å²) in [6.45, 7) is 5.17. The predicted molar refractivity (Wildman–Crippen MR) is 112 cm³/mol. The van der Waals surface area contributed by atoms with E-state index in [0.717, 1.165) is 18.7 Å². The first-order valence-corrected chi connectivity index (χ1v) is 9.90. The molecule has 1 heterocycles. The van der Waals surface area contributed by atoms with Crippen molar-refractivity contribution < 1.29 is 23.5 Å². The van der Waals surface area contributed by atoms with Gasteiger partial charge < -0.3 is 14.8 Å². The predicted octanol–water partition coefficient (Wildman–Crippen LogP) is 3.40. The number of ketones is 1. The van der Waals surface area contributed by atoms with Crippen molar-refractivity contribution in [1.82, 2.24) is 4.90 Å². The zero-order valence-electron chi connectivity index (χ0n) is 16.9. The second-order valence-electron chi connectivity index (χ2n) is 6.82. The van der Waals surface area contributed by atoms with Gasteiger partial charge in [-0.1, -0.05) is 24.3 Å². The lowest BCUT2D eigenvalue weighted by Gasteiger charge is -2.26. The number of esters is 1. The van der Waals surface area contributed by atoms with Crippen molar-refractivity contribution in [1.29, 1.82) is 0 Å². The monoisotopic (exact) mass is 412 g/mol. The van der Waals surface area contributed by atoms with Crippen LogP contribution in [0.2, 0.25) is 0 Å². The summed E-state index contributed by atoms with van der Waals surface area (Å²) in [5.74, 6) is -2.21. The Kier molecular flexibility index (Phi) is 7.70. The number of nitrogens with one attached hydrogen (secondary N) is 1. The summed E-state index contributed by atoms with van der Waals surface area (Å²) in [7, 11) is 0. The van der Waals surface area contributed by atoms with E-state index in [1.54, 1.807) is 25.1 Å². The van der Waals surface area contributed by atoms with Crippen LogP contribution in [0.15, 0.2) is 60.3 Å². The number of hydrogen-bond donors (Lipinski definition) is 1. The first kappa shape index (κ1) is 21.7. The van der Waals surface area contributed by atoms with Gasteiger partial charge in [-0.25, -0.2) is 9.18 Å². The fraction of sp³-hybridized carbons (Fsp3) is 0.304. The maximum Gasteiger partial charge on any atom is 0.343 e. The van der Waals surface area contributed by atoms with E-state index in [-0.39, 0.29) is 17.7 Å². The van der Waals surface area contributed by atoms with Crippen molar-refractivity contribution in [3.63, 3.8) is 0 Å². The van der Waals surface area contributed by atoms with E-state index >= 15 is 0 Å². The number of rotatable bonds is 8. The minimum Gasteiger partial charge on any atom is -0.462 e. The number of morpholine rings is 1. The van der Waals surface area contributed by atoms with Crippen molar-refractivity contribution >= 4 is 17.4 Å². The molecule has 0 radical (unpaired) electrons. The maximum absolute atomic E-state index is 14.5. The molecule has 3 rings (SSSR count). The lowest BCUT2D eigenvalue weighted by atomic mass is 10.0. The third-order valence-electron chi connectivity index (χ3n) is 4.68. The zero-order chi connectivity index (χ0) is 21.3. The van der Waals surface area contributed by atoms with Gasteiger partial charge in [0, 0.05) is 31.5 Å². The fourth-order valence-corrected chi connectivity index (χ4v) is 3.12. The Bertz CT molecular complexity index is 909. The molecule has 0 saturated carbocycles. The molecule has 0 bridgehead atoms. The summed E-state index contributed by atoms with van der Waals surface area (Å²) in [6.07, 6.45) is 1.27. The van der Waals surface area contributed by atoms with Gasteiger partial charge >= 0.3 is 5.97 Å². The number of Topliss-reactive ketones (excluding diaryl/α,β-unsaturated/α-hetero) is 1. The number of para-hydroxylation sites is 1. The molecule has 0 unspecified atom stereocenters. The molecular formula is C23H25FN2O4. The van der Waals surface area contributed by atoms with Crippen LogP contribution in [0.3, 0.4) is 0 Å². The third-order valence-corrected chi connectivity index (χ3v) is 4.68. The first-order chi connectivity index (χ1) is 14.6. The normalized spacial score (nSPS) is 14.9. The molecule has 2 aromatic rings. The number of ether oxygens (including phenoxy) is 2. The Hall–Kier alpha value is -3.03. The topological polar surface area (TPSA) is 67.9 Å². The lowest BCUT2D eigenvalue weighted by molar-refractivity contribution is -0.138. The summed E-state index contributed by atoms with van der Waals surface area (Å²) in [5, 5.41) is 2.91. The average Bonchev–Trinajstić information content (AvgIpc) is 2.77. The van der Waals surface area contributed by atoms with E-state index in [1.165, 1.54) is 18.3 Å². The van der Waals surface area contributed by atoms with Gasteiger partial charge in [-0.2, -0.15) is 0 Å². The molecule has 0 amide bonds. The second kappa shape index (κ2) is 10.7. The van der Waals surface area contributed by atoms with Crippen LogP contribution in [0.5, 0.6) is 0 Å². The van der Waals surface area contributed by atoms with Gasteiger partial charge in [0.1, 0.15) is 11.4 Å². The quantitative estimate of drug-likeness (QED) is 0.236. The minimum absolute atomic E-state index is 0.105. The third kappa shape index (κ3) is 5.75. The molecular weight excluding hydrogens is 387 g/mol. The Morgan fingerprint density at radius 3 is 2.60 bits per heavy atom. The molecule has 1 aliphatic rings. The van der Waals surface area contributed by atoms with Crippen molar-refractivity contribution in [2.24, 2.45) is 0 Å². The molecule has 0 spiro atoms. The van der Waals surface area contributed by atoms with Crippen molar-refractivity contribution in [2.75, 3.05) is 38.2 Å². The molecule has 1 aliphatic heterocycles. The summed E-state index contributed by atoms with van der Waals surface area (Å²) >= 11 is 0. The first-order valence-electron chi connectivity index (χ1n) is 9.90. The zero-order valence-corrected chi connectivity index (χ0v) is 16.9. The lowest BCUT2D eigenvalue weighted by Crippen LogP contribution is -2.35. The molecule has 1 fully saturated rings. The van der Waals surface area contributed by atoms with Gasteiger partial charge in [-0.05, 0) is 36.8 Å². The van der Waals surface area contributed by atoms with Crippen molar-refractivity contribution in [3.05, 3.63) is 77.2 Å². The van der Waals surface area contributed by atoms with Crippen molar-refractivity contribution in [2.45, 2.75) is 13.5 Å². The van der Waals surface area contributed by atoms with Crippen LogP contribution in [0.1, 0.15) is 22.8 Å². The van der Waals surface area contributed by atoms with Crippen LogP contribution in [-0.4, -0.2) is 49.6 Å². The van der Waals surface area contributed by atoms with Crippen LogP contribution < -0.4 is 5.32 Å². The summed E-state index contributed by atoms with van der Waals surface area (Å²) in [5.41, 5.74) is 1.06. The molecule has 6 nitrogen and oxygen atoms in total. The van der Waals surface area contributed by atoms with Gasteiger partial charge in [0.05, 0.1) is 25.4 Å². The molecule has 30 heavy (non-hydrogen) atoms. The number of anilines is 1.